The second-order valence-corrected chi connectivity index (χ2v) is 10.6. The molecular formula is C27H34FN5. The van der Waals surface area contributed by atoms with E-state index in [1.54, 1.807) is 10.8 Å². The first kappa shape index (κ1) is 22.1. The summed E-state index contributed by atoms with van der Waals surface area (Å²) in [5.41, 5.74) is 6.23. The molecule has 1 aliphatic rings. The number of aryl methyl sites for hydroxylation is 1. The molecule has 0 radical (unpaired) electrons. The van der Waals surface area contributed by atoms with Gasteiger partial charge in [0.05, 0.1) is 23.1 Å². The summed E-state index contributed by atoms with van der Waals surface area (Å²) in [7, 11) is 0. The Morgan fingerprint density at radius 2 is 1.88 bits per heavy atom. The smallest absolute Gasteiger partial charge is 0.158 e. The van der Waals surface area contributed by atoms with E-state index in [1.165, 1.54) is 19.3 Å². The lowest BCUT2D eigenvalue weighted by Crippen LogP contribution is -2.17. The normalized spacial score (nSPS) is 19.4. The third kappa shape index (κ3) is 3.94. The number of aromatic nitrogens is 5. The van der Waals surface area contributed by atoms with Crippen LogP contribution in [-0.4, -0.2) is 24.6 Å². The van der Waals surface area contributed by atoms with E-state index in [9.17, 15) is 0 Å². The van der Waals surface area contributed by atoms with Crippen LogP contribution in [0.1, 0.15) is 88.5 Å². The average Bonchev–Trinajstić information content (AvgIpc) is 3.39. The minimum absolute atomic E-state index is 0.135. The molecule has 6 heteroatoms. The molecule has 4 heterocycles. The fourth-order valence-corrected chi connectivity index (χ4v) is 5.85. The molecule has 0 amide bonds. The van der Waals surface area contributed by atoms with Gasteiger partial charge in [-0.15, -0.1) is 0 Å². The molecule has 5 nitrogen and oxygen atoms in total. The fourth-order valence-electron chi connectivity index (χ4n) is 5.85. The summed E-state index contributed by atoms with van der Waals surface area (Å²) in [5, 5.41) is 5.02. The zero-order valence-corrected chi connectivity index (χ0v) is 20.3. The standard InChI is InChI=1S/C27H34FN5/c1-15(2)10-18-6-8-19(9-7-18)26-24(28)23-21(12-29-26)32-25(22(23)16(3)4)20-11-17(5)27-30-14-31-33(27)13-20/h11-16,18-19,32H,6-10H2,1-5H3. The van der Waals surface area contributed by atoms with E-state index in [0.717, 1.165) is 58.2 Å². The molecule has 0 aromatic carbocycles. The largest absolute Gasteiger partial charge is 0.353 e. The number of fused-ring (bicyclic) bond motifs is 2. The summed E-state index contributed by atoms with van der Waals surface area (Å²) in [6.07, 6.45) is 11.1. The summed E-state index contributed by atoms with van der Waals surface area (Å²) in [4.78, 5) is 12.5. The summed E-state index contributed by atoms with van der Waals surface area (Å²) < 4.78 is 17.9. The van der Waals surface area contributed by atoms with Crippen LogP contribution in [0, 0.1) is 24.6 Å². The zero-order valence-electron chi connectivity index (χ0n) is 20.3. The van der Waals surface area contributed by atoms with Crippen molar-refractivity contribution in [3.8, 4) is 11.3 Å². The van der Waals surface area contributed by atoms with Crippen molar-refractivity contribution in [1.29, 1.82) is 0 Å². The van der Waals surface area contributed by atoms with Crippen molar-refractivity contribution < 1.29 is 4.39 Å². The summed E-state index contributed by atoms with van der Waals surface area (Å²) in [5.74, 6) is 1.74. The molecule has 1 aliphatic carbocycles. The first-order valence-electron chi connectivity index (χ1n) is 12.3. The van der Waals surface area contributed by atoms with E-state index in [1.807, 2.05) is 19.3 Å². The predicted molar refractivity (Wildman–Crippen MR) is 131 cm³/mol. The van der Waals surface area contributed by atoms with Crippen molar-refractivity contribution in [2.24, 2.45) is 11.8 Å². The fraction of sp³-hybridized carbons (Fsp3) is 0.519. The van der Waals surface area contributed by atoms with Crippen molar-refractivity contribution in [3.05, 3.63) is 47.4 Å². The SMILES string of the molecule is Cc1cc(-c2[nH]c3cnc(C4CCC(CC(C)C)CC4)c(F)c3c2C(C)C)cn2ncnc12. The highest BCUT2D eigenvalue weighted by Crippen LogP contribution is 2.42. The van der Waals surface area contributed by atoms with E-state index in [-0.39, 0.29) is 17.7 Å². The molecule has 0 saturated heterocycles. The van der Waals surface area contributed by atoms with E-state index in [2.05, 4.69) is 53.8 Å². The molecule has 1 fully saturated rings. The maximum Gasteiger partial charge on any atom is 0.158 e. The lowest BCUT2D eigenvalue weighted by molar-refractivity contribution is 0.278. The number of H-pyrrole nitrogens is 1. The number of halogens is 1. The number of aromatic amines is 1. The molecule has 33 heavy (non-hydrogen) atoms. The van der Waals surface area contributed by atoms with Gasteiger partial charge in [0.2, 0.25) is 0 Å². The van der Waals surface area contributed by atoms with Gasteiger partial charge in [0.1, 0.15) is 6.33 Å². The quantitative estimate of drug-likeness (QED) is 0.353. The van der Waals surface area contributed by atoms with Crippen LogP contribution in [-0.2, 0) is 0 Å². The van der Waals surface area contributed by atoms with Gasteiger partial charge in [-0.05, 0) is 74.0 Å². The number of nitrogens with zero attached hydrogens (tertiary/aromatic N) is 4. The highest BCUT2D eigenvalue weighted by atomic mass is 19.1. The Labute approximate surface area is 194 Å². The van der Waals surface area contributed by atoms with Gasteiger partial charge in [-0.1, -0.05) is 27.7 Å². The molecule has 5 rings (SSSR count). The van der Waals surface area contributed by atoms with Gasteiger partial charge in [-0.3, -0.25) is 4.98 Å². The molecule has 4 aromatic heterocycles. The van der Waals surface area contributed by atoms with E-state index >= 15 is 4.39 Å². The van der Waals surface area contributed by atoms with Gasteiger partial charge >= 0.3 is 0 Å². The van der Waals surface area contributed by atoms with Crippen molar-refractivity contribution in [2.45, 2.75) is 78.6 Å². The van der Waals surface area contributed by atoms with Gasteiger partial charge in [0.25, 0.3) is 0 Å². The van der Waals surface area contributed by atoms with E-state index in [0.29, 0.717) is 11.1 Å². The molecule has 1 N–H and O–H groups in total. The third-order valence-corrected chi connectivity index (χ3v) is 7.31. The molecule has 0 aliphatic heterocycles. The number of nitrogens with one attached hydrogen (secondary N) is 1. The van der Waals surface area contributed by atoms with Gasteiger partial charge in [0, 0.05) is 23.1 Å². The Kier molecular flexibility index (Phi) is 5.71. The second-order valence-electron chi connectivity index (χ2n) is 10.6. The van der Waals surface area contributed by atoms with Crippen molar-refractivity contribution >= 4 is 16.6 Å². The first-order chi connectivity index (χ1) is 15.8. The second kappa shape index (κ2) is 8.54. The van der Waals surface area contributed by atoms with Gasteiger partial charge in [0.15, 0.2) is 11.5 Å². The van der Waals surface area contributed by atoms with E-state index < -0.39 is 0 Å². The highest BCUT2D eigenvalue weighted by molar-refractivity contribution is 5.92. The van der Waals surface area contributed by atoms with Gasteiger partial charge < -0.3 is 4.98 Å². The summed E-state index contributed by atoms with van der Waals surface area (Å²) >= 11 is 0. The zero-order chi connectivity index (χ0) is 23.3. The number of hydrogen-bond donors (Lipinski definition) is 1. The molecule has 0 atom stereocenters. The lowest BCUT2D eigenvalue weighted by atomic mass is 9.77. The van der Waals surface area contributed by atoms with Crippen LogP contribution in [0.3, 0.4) is 0 Å². The molecular weight excluding hydrogens is 413 g/mol. The molecule has 0 bridgehead atoms. The average molecular weight is 448 g/mol. The predicted octanol–water partition coefficient (Wildman–Crippen LogP) is 7.16. The number of rotatable bonds is 5. The maximum absolute atomic E-state index is 16.1. The topological polar surface area (TPSA) is 58.9 Å². The molecule has 1 saturated carbocycles. The van der Waals surface area contributed by atoms with E-state index in [4.69, 9.17) is 0 Å². The number of pyridine rings is 2. The van der Waals surface area contributed by atoms with Crippen LogP contribution >= 0.6 is 0 Å². The first-order valence-corrected chi connectivity index (χ1v) is 12.3. The molecule has 4 aromatic rings. The van der Waals surface area contributed by atoms with Gasteiger partial charge in [-0.2, -0.15) is 5.10 Å². The minimum atomic E-state index is -0.135. The Hall–Kier alpha value is -2.76. The van der Waals surface area contributed by atoms with Crippen molar-refractivity contribution in [3.63, 3.8) is 0 Å². The van der Waals surface area contributed by atoms with Crippen LogP contribution in [0.4, 0.5) is 4.39 Å². The number of hydrogen-bond acceptors (Lipinski definition) is 3. The Morgan fingerprint density at radius 3 is 2.58 bits per heavy atom. The monoisotopic (exact) mass is 447 g/mol. The molecule has 174 valence electrons. The van der Waals surface area contributed by atoms with Crippen LogP contribution in [0.15, 0.2) is 24.8 Å². The highest BCUT2D eigenvalue weighted by Gasteiger charge is 2.29. The Balaban J connectivity index is 1.57. The summed E-state index contributed by atoms with van der Waals surface area (Å²) in [6, 6.07) is 2.10. The van der Waals surface area contributed by atoms with Crippen molar-refractivity contribution in [1.82, 2.24) is 24.6 Å². The Morgan fingerprint density at radius 1 is 1.12 bits per heavy atom. The lowest BCUT2D eigenvalue weighted by Gasteiger charge is -2.29. The van der Waals surface area contributed by atoms with Gasteiger partial charge in [-0.25, -0.2) is 13.9 Å². The van der Waals surface area contributed by atoms with Crippen molar-refractivity contribution in [2.75, 3.05) is 0 Å². The maximum atomic E-state index is 16.1. The third-order valence-electron chi connectivity index (χ3n) is 7.31. The van der Waals surface area contributed by atoms with Crippen LogP contribution in [0.5, 0.6) is 0 Å². The minimum Gasteiger partial charge on any atom is -0.353 e. The summed E-state index contributed by atoms with van der Waals surface area (Å²) in [6.45, 7) is 10.9. The Bertz CT molecular complexity index is 1290. The van der Waals surface area contributed by atoms with Crippen LogP contribution < -0.4 is 0 Å². The molecule has 0 unspecified atom stereocenters. The van der Waals surface area contributed by atoms with Crippen LogP contribution in [0.25, 0.3) is 27.8 Å². The molecule has 0 spiro atoms. The van der Waals surface area contributed by atoms with Crippen LogP contribution in [0.2, 0.25) is 0 Å².